The maximum atomic E-state index is 13.2. The molecule has 3 rings (SSSR count). The van der Waals surface area contributed by atoms with Crippen molar-refractivity contribution in [2.45, 2.75) is 37.5 Å². The van der Waals surface area contributed by atoms with E-state index in [1.165, 1.54) is 0 Å². The van der Waals surface area contributed by atoms with Crippen molar-refractivity contribution < 1.29 is 43.0 Å². The Kier molecular flexibility index (Phi) is 11.1. The molecule has 0 saturated carbocycles. The van der Waals surface area contributed by atoms with Crippen molar-refractivity contribution in [3.63, 3.8) is 0 Å². The number of aromatic nitrogens is 1. The molecule has 42 heavy (non-hydrogen) atoms. The van der Waals surface area contributed by atoms with E-state index in [1.807, 2.05) is 0 Å². The summed E-state index contributed by atoms with van der Waals surface area (Å²) in [4.78, 5) is 66.4. The fraction of sp³-hybridized carbons (Fsp3) is 0.276. The van der Waals surface area contributed by atoms with Crippen molar-refractivity contribution in [1.29, 1.82) is 0 Å². The molecule has 0 unspecified atom stereocenters. The molecule has 1 atom stereocenters. The van der Waals surface area contributed by atoms with Gasteiger partial charge in [-0.1, -0.05) is 60.7 Å². The zero-order chi connectivity index (χ0) is 30.5. The highest BCUT2D eigenvalue weighted by molar-refractivity contribution is 6.06. The Morgan fingerprint density at radius 2 is 1.40 bits per heavy atom. The van der Waals surface area contributed by atoms with Gasteiger partial charge in [0, 0.05) is 6.07 Å². The molecule has 0 saturated heterocycles. The lowest BCUT2D eigenvalue weighted by Crippen LogP contribution is -2.49. The molecular weight excluding hydrogens is 550 g/mol. The fourth-order valence-corrected chi connectivity index (χ4v) is 4.07. The van der Waals surface area contributed by atoms with Gasteiger partial charge in [0.25, 0.3) is 5.69 Å². The van der Waals surface area contributed by atoms with Crippen molar-refractivity contribution in [3.05, 3.63) is 106 Å². The zero-order valence-electron chi connectivity index (χ0n) is 22.9. The van der Waals surface area contributed by atoms with Gasteiger partial charge in [0.2, 0.25) is 5.41 Å². The van der Waals surface area contributed by atoms with Crippen LogP contribution in [0.15, 0.2) is 79.0 Å². The molecule has 0 bridgehead atoms. The predicted octanol–water partition coefficient (Wildman–Crippen LogP) is 3.39. The van der Waals surface area contributed by atoms with Crippen LogP contribution in [0, 0.1) is 10.1 Å². The number of esters is 3. The quantitative estimate of drug-likeness (QED) is 0.103. The molecule has 220 valence electrons. The van der Waals surface area contributed by atoms with Crippen LogP contribution in [-0.4, -0.2) is 54.2 Å². The number of carbonyl (C=O) groups is 4. The summed E-state index contributed by atoms with van der Waals surface area (Å²) in [7, 11) is 2.08. The van der Waals surface area contributed by atoms with Crippen molar-refractivity contribution in [1.82, 2.24) is 10.3 Å². The molecule has 1 N–H and O–H groups in total. The lowest BCUT2D eigenvalue weighted by Gasteiger charge is -2.29. The average molecular weight is 580 g/mol. The highest BCUT2D eigenvalue weighted by Gasteiger charge is 2.52. The second-order valence-corrected chi connectivity index (χ2v) is 8.94. The number of ether oxygens (including phenoxy) is 4. The molecule has 1 aromatic heterocycles. The number of carbonyl (C=O) groups excluding carboxylic acids is 4. The first-order valence-corrected chi connectivity index (χ1v) is 12.7. The van der Waals surface area contributed by atoms with Crippen LogP contribution >= 0.6 is 0 Å². The molecule has 1 amide bonds. The monoisotopic (exact) mass is 579 g/mol. The van der Waals surface area contributed by atoms with Crippen molar-refractivity contribution in [3.8, 4) is 0 Å². The molecule has 3 aromatic rings. The summed E-state index contributed by atoms with van der Waals surface area (Å²) in [5.41, 5.74) is -1.44. The summed E-state index contributed by atoms with van der Waals surface area (Å²) in [6.07, 6.45) is -0.866. The van der Waals surface area contributed by atoms with E-state index >= 15 is 0 Å². The first-order chi connectivity index (χ1) is 20.2. The number of alkyl carbamates (subject to hydrolysis) is 1. The number of benzene rings is 2. The summed E-state index contributed by atoms with van der Waals surface area (Å²) in [6.45, 7) is -0.195. The van der Waals surface area contributed by atoms with Crippen LogP contribution in [-0.2, 0) is 52.0 Å². The molecule has 13 heteroatoms. The lowest BCUT2D eigenvalue weighted by molar-refractivity contribution is -0.385. The summed E-state index contributed by atoms with van der Waals surface area (Å²) in [5.74, 6) is -3.03. The standard InChI is InChI=1S/C29H29N3O10/c1-39-26(34)29(27(35)40-2,24-14-13-22(17-30-24)32(37)38)16-15-23(25(33)41-18-20-9-5-3-6-10-20)31-28(36)42-19-21-11-7-4-8-12-21/h3-14,17,23H,15-16,18-19H2,1-2H3,(H,31,36)/t23-/m0/s1. The SMILES string of the molecule is COC(=O)C(CC[C@H](NC(=O)OCc1ccccc1)C(=O)OCc1ccccc1)(C(=O)OC)c1ccc([N+](=O)[O-])cn1. The van der Waals surface area contributed by atoms with Gasteiger partial charge >= 0.3 is 24.0 Å². The van der Waals surface area contributed by atoms with Gasteiger partial charge in [-0.05, 0) is 30.0 Å². The second-order valence-electron chi connectivity index (χ2n) is 8.94. The molecule has 0 aliphatic carbocycles. The molecule has 0 fully saturated rings. The molecule has 0 aliphatic heterocycles. The first kappa shape index (κ1) is 31.2. The summed E-state index contributed by atoms with van der Waals surface area (Å²) < 4.78 is 20.4. The van der Waals surface area contributed by atoms with Gasteiger partial charge in [0.15, 0.2) is 0 Å². The third-order valence-corrected chi connectivity index (χ3v) is 6.28. The number of nitrogens with zero attached hydrogens (tertiary/aromatic N) is 2. The number of hydrogen-bond donors (Lipinski definition) is 1. The molecule has 1 heterocycles. The normalized spacial score (nSPS) is 11.5. The Morgan fingerprint density at radius 3 is 1.88 bits per heavy atom. The van der Waals surface area contributed by atoms with Crippen LogP contribution in [0.3, 0.4) is 0 Å². The highest BCUT2D eigenvalue weighted by atomic mass is 16.6. The maximum Gasteiger partial charge on any atom is 0.408 e. The number of nitrogens with one attached hydrogen (secondary N) is 1. The van der Waals surface area contributed by atoms with Gasteiger partial charge in [-0.15, -0.1) is 0 Å². The Bertz CT molecular complexity index is 1370. The third kappa shape index (κ3) is 7.87. The van der Waals surface area contributed by atoms with Gasteiger partial charge < -0.3 is 24.3 Å². The second kappa shape index (κ2) is 14.9. The van der Waals surface area contributed by atoms with E-state index in [-0.39, 0.29) is 31.0 Å². The Labute approximate surface area is 240 Å². The fourth-order valence-electron chi connectivity index (χ4n) is 4.07. The number of hydrogen-bond acceptors (Lipinski definition) is 11. The highest BCUT2D eigenvalue weighted by Crippen LogP contribution is 2.33. The van der Waals surface area contributed by atoms with Gasteiger partial charge in [-0.25, -0.2) is 9.59 Å². The van der Waals surface area contributed by atoms with Crippen LogP contribution in [0.1, 0.15) is 29.7 Å². The number of methoxy groups -OCH3 is 2. The summed E-state index contributed by atoms with van der Waals surface area (Å²) in [6, 6.07) is 18.4. The van der Waals surface area contributed by atoms with Crippen molar-refractivity contribution >= 4 is 29.7 Å². The van der Waals surface area contributed by atoms with Crippen LogP contribution in [0.5, 0.6) is 0 Å². The van der Waals surface area contributed by atoms with E-state index in [1.54, 1.807) is 60.7 Å². The van der Waals surface area contributed by atoms with E-state index < -0.39 is 46.8 Å². The molecule has 2 aromatic carbocycles. The van der Waals surface area contributed by atoms with Gasteiger partial charge in [0.1, 0.15) is 25.5 Å². The third-order valence-electron chi connectivity index (χ3n) is 6.28. The van der Waals surface area contributed by atoms with Gasteiger partial charge in [-0.3, -0.25) is 24.7 Å². The smallest absolute Gasteiger partial charge is 0.408 e. The van der Waals surface area contributed by atoms with Gasteiger partial charge in [0.05, 0.1) is 24.8 Å². The van der Waals surface area contributed by atoms with E-state index in [0.717, 1.165) is 32.5 Å². The summed E-state index contributed by atoms with van der Waals surface area (Å²) in [5, 5.41) is 13.6. The van der Waals surface area contributed by atoms with Gasteiger partial charge in [-0.2, -0.15) is 0 Å². The Hall–Kier alpha value is -5.33. The lowest BCUT2D eigenvalue weighted by atomic mass is 9.78. The average Bonchev–Trinajstić information content (AvgIpc) is 3.03. The van der Waals surface area contributed by atoms with E-state index in [4.69, 9.17) is 18.9 Å². The number of amides is 1. The minimum Gasteiger partial charge on any atom is -0.468 e. The molecular formula is C29H29N3O10. The first-order valence-electron chi connectivity index (χ1n) is 12.7. The Balaban J connectivity index is 1.88. The largest absolute Gasteiger partial charge is 0.468 e. The Morgan fingerprint density at radius 1 is 0.857 bits per heavy atom. The molecule has 13 nitrogen and oxygen atoms in total. The van der Waals surface area contributed by atoms with E-state index in [2.05, 4.69) is 10.3 Å². The minimum atomic E-state index is -2.23. The molecule has 0 radical (unpaired) electrons. The van der Waals surface area contributed by atoms with E-state index in [9.17, 15) is 29.3 Å². The van der Waals surface area contributed by atoms with Crippen molar-refractivity contribution in [2.24, 2.45) is 0 Å². The number of pyridine rings is 1. The number of nitro groups is 1. The van der Waals surface area contributed by atoms with Crippen LogP contribution in [0.2, 0.25) is 0 Å². The maximum absolute atomic E-state index is 13.2. The van der Waals surface area contributed by atoms with Crippen LogP contribution in [0.4, 0.5) is 10.5 Å². The number of rotatable bonds is 13. The topological polar surface area (TPSA) is 173 Å². The molecule has 0 aliphatic rings. The summed E-state index contributed by atoms with van der Waals surface area (Å²) >= 11 is 0. The van der Waals surface area contributed by atoms with E-state index in [0.29, 0.717) is 11.1 Å². The van der Waals surface area contributed by atoms with Crippen LogP contribution < -0.4 is 5.32 Å². The zero-order valence-corrected chi connectivity index (χ0v) is 22.9. The minimum absolute atomic E-state index is 0.0839. The van der Waals surface area contributed by atoms with Crippen LogP contribution in [0.25, 0.3) is 0 Å². The predicted molar refractivity (Wildman–Crippen MR) is 146 cm³/mol. The van der Waals surface area contributed by atoms with Crippen molar-refractivity contribution in [2.75, 3.05) is 14.2 Å². The molecule has 0 spiro atoms.